The lowest BCUT2D eigenvalue weighted by molar-refractivity contribution is -0.146. The summed E-state index contributed by atoms with van der Waals surface area (Å²) in [6, 6.07) is 9.64. The number of rotatable bonds is 5. The number of hydrogen-bond donors (Lipinski definition) is 1. The van der Waals surface area contributed by atoms with Crippen molar-refractivity contribution in [2.45, 2.75) is 31.7 Å². The number of amides is 1. The molecule has 0 spiro atoms. The van der Waals surface area contributed by atoms with Crippen molar-refractivity contribution in [3.63, 3.8) is 0 Å². The SMILES string of the molecule is O=C1CCC(C(=O)OCCCc2ccccc2)N1. The summed E-state index contributed by atoms with van der Waals surface area (Å²) in [4.78, 5) is 22.5. The maximum atomic E-state index is 11.6. The highest BCUT2D eigenvalue weighted by molar-refractivity contribution is 5.87. The molecular weight excluding hydrogens is 230 g/mol. The lowest BCUT2D eigenvalue weighted by atomic mass is 10.1. The molecule has 1 amide bonds. The molecule has 96 valence electrons. The Morgan fingerprint density at radius 3 is 2.78 bits per heavy atom. The van der Waals surface area contributed by atoms with Crippen molar-refractivity contribution in [2.75, 3.05) is 6.61 Å². The van der Waals surface area contributed by atoms with Gasteiger partial charge in [-0.3, -0.25) is 4.79 Å². The lowest BCUT2D eigenvalue weighted by Crippen LogP contribution is -2.34. The largest absolute Gasteiger partial charge is 0.464 e. The summed E-state index contributed by atoms with van der Waals surface area (Å²) in [5.41, 5.74) is 1.24. The summed E-state index contributed by atoms with van der Waals surface area (Å²) in [6.07, 6.45) is 2.67. The molecule has 0 aromatic heterocycles. The molecule has 1 atom stereocenters. The van der Waals surface area contributed by atoms with Crippen LogP contribution in [0.15, 0.2) is 30.3 Å². The Hall–Kier alpha value is -1.84. The molecule has 0 bridgehead atoms. The van der Waals surface area contributed by atoms with Gasteiger partial charge in [0.1, 0.15) is 6.04 Å². The van der Waals surface area contributed by atoms with E-state index in [1.54, 1.807) is 0 Å². The van der Waals surface area contributed by atoms with E-state index in [2.05, 4.69) is 17.4 Å². The summed E-state index contributed by atoms with van der Waals surface area (Å²) in [6.45, 7) is 0.403. The third-order valence-electron chi connectivity index (χ3n) is 2.98. The van der Waals surface area contributed by atoms with Crippen molar-refractivity contribution in [1.29, 1.82) is 0 Å². The summed E-state index contributed by atoms with van der Waals surface area (Å²) in [5, 5.41) is 2.60. The fourth-order valence-electron chi connectivity index (χ4n) is 1.99. The first kappa shape index (κ1) is 12.6. The quantitative estimate of drug-likeness (QED) is 0.632. The number of ether oxygens (including phenoxy) is 1. The van der Waals surface area contributed by atoms with Crippen LogP contribution in [0.2, 0.25) is 0 Å². The highest BCUT2D eigenvalue weighted by Gasteiger charge is 2.28. The van der Waals surface area contributed by atoms with Crippen LogP contribution in [-0.4, -0.2) is 24.5 Å². The molecule has 1 N–H and O–H groups in total. The van der Waals surface area contributed by atoms with Crippen LogP contribution < -0.4 is 5.32 Å². The molecular formula is C14H17NO3. The van der Waals surface area contributed by atoms with Gasteiger partial charge in [0.05, 0.1) is 6.61 Å². The Balaban J connectivity index is 1.63. The van der Waals surface area contributed by atoms with Gasteiger partial charge in [-0.1, -0.05) is 30.3 Å². The summed E-state index contributed by atoms with van der Waals surface area (Å²) >= 11 is 0. The zero-order valence-electron chi connectivity index (χ0n) is 10.2. The third-order valence-corrected chi connectivity index (χ3v) is 2.98. The van der Waals surface area contributed by atoms with E-state index in [9.17, 15) is 9.59 Å². The molecule has 1 aromatic carbocycles. The monoisotopic (exact) mass is 247 g/mol. The Kier molecular flexibility index (Phi) is 4.34. The van der Waals surface area contributed by atoms with E-state index in [0.29, 0.717) is 19.4 Å². The molecule has 18 heavy (non-hydrogen) atoms. The molecule has 0 radical (unpaired) electrons. The minimum absolute atomic E-state index is 0.0683. The van der Waals surface area contributed by atoms with Crippen LogP contribution in [0.1, 0.15) is 24.8 Å². The number of nitrogens with one attached hydrogen (secondary N) is 1. The summed E-state index contributed by atoms with van der Waals surface area (Å²) in [5.74, 6) is -0.379. The molecule has 1 saturated heterocycles. The van der Waals surface area contributed by atoms with Gasteiger partial charge >= 0.3 is 5.97 Å². The Bertz CT molecular complexity index is 416. The molecule has 1 heterocycles. The number of benzene rings is 1. The second kappa shape index (κ2) is 6.19. The van der Waals surface area contributed by atoms with Crippen LogP contribution >= 0.6 is 0 Å². The van der Waals surface area contributed by atoms with Gasteiger partial charge < -0.3 is 10.1 Å². The van der Waals surface area contributed by atoms with Crippen LogP contribution in [0.4, 0.5) is 0 Å². The second-order valence-corrected chi connectivity index (χ2v) is 4.42. The zero-order chi connectivity index (χ0) is 12.8. The van der Waals surface area contributed by atoms with Crippen LogP contribution in [0.25, 0.3) is 0 Å². The van der Waals surface area contributed by atoms with Crippen molar-refractivity contribution in [2.24, 2.45) is 0 Å². The lowest BCUT2D eigenvalue weighted by Gasteiger charge is -2.09. The first-order chi connectivity index (χ1) is 8.75. The van der Waals surface area contributed by atoms with Gasteiger partial charge in [-0.2, -0.15) is 0 Å². The fraction of sp³-hybridized carbons (Fsp3) is 0.429. The first-order valence-corrected chi connectivity index (χ1v) is 6.25. The molecule has 2 rings (SSSR count). The summed E-state index contributed by atoms with van der Waals surface area (Å²) in [7, 11) is 0. The molecule has 4 nitrogen and oxygen atoms in total. The molecule has 4 heteroatoms. The maximum Gasteiger partial charge on any atom is 0.328 e. The number of esters is 1. The van der Waals surface area contributed by atoms with Crippen LogP contribution in [0.3, 0.4) is 0 Å². The van der Waals surface area contributed by atoms with Gasteiger partial charge in [-0.15, -0.1) is 0 Å². The number of carbonyl (C=O) groups is 2. The number of aryl methyl sites for hydroxylation is 1. The van der Waals surface area contributed by atoms with Gasteiger partial charge in [0.15, 0.2) is 0 Å². The molecule has 1 fully saturated rings. The van der Waals surface area contributed by atoms with E-state index in [0.717, 1.165) is 12.8 Å². The van der Waals surface area contributed by atoms with Crippen LogP contribution in [0.5, 0.6) is 0 Å². The van der Waals surface area contributed by atoms with E-state index in [1.807, 2.05) is 18.2 Å². The Morgan fingerprint density at radius 2 is 2.11 bits per heavy atom. The van der Waals surface area contributed by atoms with Crippen molar-refractivity contribution in [3.05, 3.63) is 35.9 Å². The molecule has 0 aliphatic carbocycles. The highest BCUT2D eigenvalue weighted by atomic mass is 16.5. The minimum Gasteiger partial charge on any atom is -0.464 e. The average Bonchev–Trinajstić information content (AvgIpc) is 2.82. The number of carbonyl (C=O) groups excluding carboxylic acids is 2. The molecule has 1 aromatic rings. The number of hydrogen-bond acceptors (Lipinski definition) is 3. The van der Waals surface area contributed by atoms with Crippen molar-refractivity contribution < 1.29 is 14.3 Å². The topological polar surface area (TPSA) is 55.4 Å². The van der Waals surface area contributed by atoms with E-state index in [1.165, 1.54) is 5.56 Å². The van der Waals surface area contributed by atoms with E-state index >= 15 is 0 Å². The smallest absolute Gasteiger partial charge is 0.328 e. The van der Waals surface area contributed by atoms with Gasteiger partial charge in [0.2, 0.25) is 5.91 Å². The van der Waals surface area contributed by atoms with E-state index < -0.39 is 6.04 Å². The first-order valence-electron chi connectivity index (χ1n) is 6.25. The fourth-order valence-corrected chi connectivity index (χ4v) is 1.99. The Morgan fingerprint density at radius 1 is 1.33 bits per heavy atom. The standard InChI is InChI=1S/C14H17NO3/c16-13-9-8-12(15-13)14(17)18-10-4-7-11-5-2-1-3-6-11/h1-3,5-6,12H,4,7-10H2,(H,15,16). The van der Waals surface area contributed by atoms with Crippen molar-refractivity contribution >= 4 is 11.9 Å². The van der Waals surface area contributed by atoms with Gasteiger partial charge in [0.25, 0.3) is 0 Å². The van der Waals surface area contributed by atoms with Gasteiger partial charge in [-0.05, 0) is 24.8 Å². The zero-order valence-corrected chi connectivity index (χ0v) is 10.2. The molecule has 1 aliphatic rings. The Labute approximate surface area is 106 Å². The van der Waals surface area contributed by atoms with Gasteiger partial charge in [-0.25, -0.2) is 4.79 Å². The van der Waals surface area contributed by atoms with Crippen LogP contribution in [0, 0.1) is 0 Å². The van der Waals surface area contributed by atoms with Crippen molar-refractivity contribution in [3.8, 4) is 0 Å². The van der Waals surface area contributed by atoms with E-state index in [4.69, 9.17) is 4.74 Å². The predicted octanol–water partition coefficient (Wildman–Crippen LogP) is 1.44. The second-order valence-electron chi connectivity index (χ2n) is 4.42. The van der Waals surface area contributed by atoms with E-state index in [-0.39, 0.29) is 11.9 Å². The molecule has 1 aliphatic heterocycles. The normalized spacial score (nSPS) is 18.4. The summed E-state index contributed by atoms with van der Waals surface area (Å²) < 4.78 is 5.14. The highest BCUT2D eigenvalue weighted by Crippen LogP contribution is 2.08. The molecule has 0 saturated carbocycles. The molecule has 1 unspecified atom stereocenters. The van der Waals surface area contributed by atoms with Gasteiger partial charge in [0, 0.05) is 6.42 Å². The van der Waals surface area contributed by atoms with Crippen molar-refractivity contribution in [1.82, 2.24) is 5.32 Å². The minimum atomic E-state index is -0.436. The van der Waals surface area contributed by atoms with Crippen LogP contribution in [-0.2, 0) is 20.7 Å². The average molecular weight is 247 g/mol. The maximum absolute atomic E-state index is 11.6. The third kappa shape index (κ3) is 3.58. The predicted molar refractivity (Wildman–Crippen MR) is 66.9 cm³/mol.